The fourth-order valence-corrected chi connectivity index (χ4v) is 3.34. The Bertz CT molecular complexity index is 1220. The SMILES string of the molecule is CC(C(=O)O)c1ccc(-c2cc3ccccc3n(C)c2=O)c2nccn12. The van der Waals surface area contributed by atoms with Gasteiger partial charge in [-0.05, 0) is 36.6 Å². The van der Waals surface area contributed by atoms with Crippen molar-refractivity contribution in [2.75, 3.05) is 0 Å². The highest BCUT2D eigenvalue weighted by molar-refractivity contribution is 5.87. The van der Waals surface area contributed by atoms with E-state index in [0.29, 0.717) is 22.5 Å². The van der Waals surface area contributed by atoms with E-state index in [2.05, 4.69) is 4.98 Å². The van der Waals surface area contributed by atoms with Crippen molar-refractivity contribution in [2.45, 2.75) is 12.8 Å². The molecule has 0 aliphatic carbocycles. The van der Waals surface area contributed by atoms with Crippen LogP contribution in [0.2, 0.25) is 0 Å². The van der Waals surface area contributed by atoms with Gasteiger partial charge in [0.1, 0.15) is 5.65 Å². The van der Waals surface area contributed by atoms with Crippen molar-refractivity contribution in [1.82, 2.24) is 14.0 Å². The molecule has 0 aliphatic heterocycles. The smallest absolute Gasteiger partial charge is 0.312 e. The van der Waals surface area contributed by atoms with Crippen molar-refractivity contribution >= 4 is 22.5 Å². The second-order valence-corrected chi connectivity index (χ2v) is 6.33. The summed E-state index contributed by atoms with van der Waals surface area (Å²) in [5.74, 6) is -1.59. The van der Waals surface area contributed by atoms with Gasteiger partial charge in [0.05, 0.1) is 17.0 Å². The maximum Gasteiger partial charge on any atom is 0.312 e. The minimum absolute atomic E-state index is 0.118. The number of aryl methyl sites for hydroxylation is 1. The van der Waals surface area contributed by atoms with Gasteiger partial charge in [0.15, 0.2) is 0 Å². The average molecular weight is 347 g/mol. The van der Waals surface area contributed by atoms with Crippen LogP contribution in [0.4, 0.5) is 0 Å². The predicted molar refractivity (Wildman–Crippen MR) is 99.4 cm³/mol. The highest BCUT2D eigenvalue weighted by Gasteiger charge is 2.20. The molecule has 0 bridgehead atoms. The van der Waals surface area contributed by atoms with E-state index in [1.165, 1.54) is 0 Å². The molecule has 6 nitrogen and oxygen atoms in total. The Balaban J connectivity index is 2.02. The van der Waals surface area contributed by atoms with Crippen LogP contribution in [0, 0.1) is 0 Å². The van der Waals surface area contributed by atoms with E-state index in [1.54, 1.807) is 47.5 Å². The minimum Gasteiger partial charge on any atom is -0.481 e. The third-order valence-electron chi connectivity index (χ3n) is 4.82. The van der Waals surface area contributed by atoms with E-state index in [9.17, 15) is 14.7 Å². The van der Waals surface area contributed by atoms with Crippen molar-refractivity contribution in [3.05, 3.63) is 70.9 Å². The van der Waals surface area contributed by atoms with E-state index in [4.69, 9.17) is 0 Å². The molecule has 130 valence electrons. The van der Waals surface area contributed by atoms with Gasteiger partial charge in [-0.25, -0.2) is 4.98 Å². The lowest BCUT2D eigenvalue weighted by atomic mass is 10.0. The van der Waals surface area contributed by atoms with Crippen LogP contribution >= 0.6 is 0 Å². The molecule has 3 aromatic heterocycles. The number of hydrogen-bond donors (Lipinski definition) is 1. The Hall–Kier alpha value is -3.41. The summed E-state index contributed by atoms with van der Waals surface area (Å²) in [6.45, 7) is 1.63. The molecule has 1 unspecified atom stereocenters. The zero-order valence-corrected chi connectivity index (χ0v) is 14.4. The molecule has 1 atom stereocenters. The number of rotatable bonds is 3. The molecule has 0 spiro atoms. The fourth-order valence-electron chi connectivity index (χ4n) is 3.34. The Morgan fingerprint density at radius 3 is 2.69 bits per heavy atom. The molecule has 3 heterocycles. The maximum absolute atomic E-state index is 12.9. The Labute approximate surface area is 149 Å². The number of para-hydroxylation sites is 1. The number of aliphatic carboxylic acids is 1. The molecule has 0 radical (unpaired) electrons. The quantitative estimate of drug-likeness (QED) is 0.618. The van der Waals surface area contributed by atoms with E-state index in [-0.39, 0.29) is 5.56 Å². The molecule has 1 aromatic carbocycles. The van der Waals surface area contributed by atoms with E-state index < -0.39 is 11.9 Å². The summed E-state index contributed by atoms with van der Waals surface area (Å²) in [6, 6.07) is 13.1. The second kappa shape index (κ2) is 5.84. The van der Waals surface area contributed by atoms with Crippen molar-refractivity contribution < 1.29 is 9.90 Å². The molecule has 0 saturated carbocycles. The number of carboxylic acid groups (broad SMARTS) is 1. The van der Waals surface area contributed by atoms with Gasteiger partial charge in [-0.1, -0.05) is 18.2 Å². The Morgan fingerprint density at radius 1 is 1.15 bits per heavy atom. The summed E-state index contributed by atoms with van der Waals surface area (Å²) in [6.07, 6.45) is 3.33. The first-order valence-electron chi connectivity index (χ1n) is 8.27. The van der Waals surface area contributed by atoms with Crippen molar-refractivity contribution in [2.24, 2.45) is 7.05 Å². The molecular weight excluding hydrogens is 330 g/mol. The lowest BCUT2D eigenvalue weighted by Crippen LogP contribution is -2.19. The fraction of sp³-hybridized carbons (Fsp3) is 0.150. The molecule has 0 fully saturated rings. The zero-order chi connectivity index (χ0) is 18.4. The molecule has 1 N–H and O–H groups in total. The molecule has 0 amide bonds. The molecule has 4 rings (SSSR count). The van der Waals surface area contributed by atoms with Crippen molar-refractivity contribution in [3.63, 3.8) is 0 Å². The summed E-state index contributed by atoms with van der Waals surface area (Å²) >= 11 is 0. The van der Waals surface area contributed by atoms with Crippen LogP contribution in [-0.2, 0) is 11.8 Å². The number of carboxylic acids is 1. The summed E-state index contributed by atoms with van der Waals surface area (Å²) in [7, 11) is 1.75. The van der Waals surface area contributed by atoms with E-state index in [1.807, 2.05) is 30.3 Å². The van der Waals surface area contributed by atoms with Gasteiger partial charge in [0.2, 0.25) is 0 Å². The highest BCUT2D eigenvalue weighted by Crippen LogP contribution is 2.27. The third kappa shape index (κ3) is 2.30. The molecule has 6 heteroatoms. The zero-order valence-electron chi connectivity index (χ0n) is 14.4. The number of aromatic nitrogens is 3. The van der Waals surface area contributed by atoms with E-state index >= 15 is 0 Å². The van der Waals surface area contributed by atoms with E-state index in [0.717, 1.165) is 10.9 Å². The minimum atomic E-state index is -0.908. The largest absolute Gasteiger partial charge is 0.481 e. The van der Waals surface area contributed by atoms with Gasteiger partial charge in [-0.15, -0.1) is 0 Å². The van der Waals surface area contributed by atoms with Crippen LogP contribution in [0.3, 0.4) is 0 Å². The first-order chi connectivity index (χ1) is 12.5. The third-order valence-corrected chi connectivity index (χ3v) is 4.82. The summed E-state index contributed by atoms with van der Waals surface area (Å²) in [5, 5.41) is 10.3. The Kier molecular flexibility index (Phi) is 3.61. The lowest BCUT2D eigenvalue weighted by molar-refractivity contribution is -0.138. The number of imidazole rings is 1. The average Bonchev–Trinajstić information content (AvgIpc) is 3.13. The van der Waals surface area contributed by atoms with Crippen molar-refractivity contribution in [1.29, 1.82) is 0 Å². The summed E-state index contributed by atoms with van der Waals surface area (Å²) < 4.78 is 3.36. The van der Waals surface area contributed by atoms with Gasteiger partial charge in [-0.3, -0.25) is 9.59 Å². The van der Waals surface area contributed by atoms with Gasteiger partial charge in [0.25, 0.3) is 5.56 Å². The second-order valence-electron chi connectivity index (χ2n) is 6.33. The van der Waals surface area contributed by atoms with Crippen LogP contribution in [-0.4, -0.2) is 25.0 Å². The molecule has 4 aromatic rings. The number of fused-ring (bicyclic) bond motifs is 2. The van der Waals surface area contributed by atoms with Crippen LogP contribution in [0.1, 0.15) is 18.5 Å². The van der Waals surface area contributed by atoms with Crippen LogP contribution < -0.4 is 5.56 Å². The molecule has 0 aliphatic rings. The monoisotopic (exact) mass is 347 g/mol. The van der Waals surface area contributed by atoms with Gasteiger partial charge in [0, 0.05) is 30.7 Å². The van der Waals surface area contributed by atoms with Crippen LogP contribution in [0.5, 0.6) is 0 Å². The number of hydrogen-bond acceptors (Lipinski definition) is 3. The van der Waals surface area contributed by atoms with Gasteiger partial charge in [-0.2, -0.15) is 0 Å². The topological polar surface area (TPSA) is 76.6 Å². The summed E-state index contributed by atoms with van der Waals surface area (Å²) in [4.78, 5) is 28.7. The number of pyridine rings is 2. The van der Waals surface area contributed by atoms with Gasteiger partial charge < -0.3 is 14.1 Å². The van der Waals surface area contributed by atoms with Crippen LogP contribution in [0.25, 0.3) is 27.7 Å². The Morgan fingerprint density at radius 2 is 1.92 bits per heavy atom. The molecular formula is C20H17N3O3. The lowest BCUT2D eigenvalue weighted by Gasteiger charge is -2.13. The molecule has 26 heavy (non-hydrogen) atoms. The number of nitrogens with zero attached hydrogens (tertiary/aromatic N) is 3. The number of carbonyl (C=O) groups is 1. The first-order valence-corrected chi connectivity index (χ1v) is 8.27. The van der Waals surface area contributed by atoms with Gasteiger partial charge >= 0.3 is 5.97 Å². The number of benzene rings is 1. The maximum atomic E-state index is 12.9. The normalized spacial score (nSPS) is 12.5. The predicted octanol–water partition coefficient (Wildman–Crippen LogP) is 3.04. The van der Waals surface area contributed by atoms with Crippen LogP contribution in [0.15, 0.2) is 59.7 Å². The first kappa shape index (κ1) is 16.1. The van der Waals surface area contributed by atoms with Crippen molar-refractivity contribution in [3.8, 4) is 11.1 Å². The molecule has 0 saturated heterocycles. The standard InChI is InChI=1S/C20H17N3O3/c1-12(20(25)26)16-8-7-14(18-21-9-10-23(16)18)15-11-13-5-3-4-6-17(13)22(2)19(15)24/h3-12H,1-2H3,(H,25,26). The highest BCUT2D eigenvalue weighted by atomic mass is 16.4. The summed E-state index contributed by atoms with van der Waals surface area (Å²) in [5.41, 5.74) is 3.15.